The first kappa shape index (κ1) is 24.2. The summed E-state index contributed by atoms with van der Waals surface area (Å²) in [6.07, 6.45) is 1.58. The monoisotopic (exact) mass is 487 g/mol. The minimum Gasteiger partial charge on any atom is -0.482 e. The number of anilines is 1. The van der Waals surface area contributed by atoms with Crippen LogP contribution in [0.2, 0.25) is 0 Å². The van der Waals surface area contributed by atoms with Gasteiger partial charge in [-0.1, -0.05) is 30.3 Å². The van der Waals surface area contributed by atoms with Crippen molar-refractivity contribution in [2.75, 3.05) is 44.4 Å². The van der Waals surface area contributed by atoms with Gasteiger partial charge in [0, 0.05) is 19.1 Å². The van der Waals surface area contributed by atoms with Crippen molar-refractivity contribution >= 4 is 27.5 Å². The molecule has 182 valence electrons. The van der Waals surface area contributed by atoms with Crippen LogP contribution in [0.5, 0.6) is 5.75 Å². The van der Waals surface area contributed by atoms with E-state index in [9.17, 15) is 18.0 Å². The molecule has 2 heterocycles. The van der Waals surface area contributed by atoms with Crippen LogP contribution in [0.15, 0.2) is 53.4 Å². The predicted octanol–water partition coefficient (Wildman–Crippen LogP) is 1.57. The average molecular weight is 488 g/mol. The van der Waals surface area contributed by atoms with Crippen LogP contribution in [-0.4, -0.2) is 70.0 Å². The standard InChI is InChI=1S/C24H29N3O6S/c1-18(7-8-19-5-3-2-4-6-19)25-23(28)16-27-21-15-20(9-10-22(21)33-17-24(27)29)34(30,31)26-11-13-32-14-12-26/h2-6,9-10,15,18H,7-8,11-14,16-17H2,1H3,(H,25,28). The van der Waals surface area contributed by atoms with Crippen LogP contribution in [0, 0.1) is 0 Å². The Hall–Kier alpha value is -2.95. The first-order valence-electron chi connectivity index (χ1n) is 11.3. The van der Waals surface area contributed by atoms with Gasteiger partial charge in [0.05, 0.1) is 23.8 Å². The van der Waals surface area contributed by atoms with Gasteiger partial charge in [0.2, 0.25) is 15.9 Å². The molecule has 0 saturated carbocycles. The molecule has 2 aliphatic heterocycles. The third-order valence-electron chi connectivity index (χ3n) is 5.90. The predicted molar refractivity (Wildman–Crippen MR) is 126 cm³/mol. The second-order valence-corrected chi connectivity index (χ2v) is 10.3. The lowest BCUT2D eigenvalue weighted by Crippen LogP contribution is -2.47. The number of ether oxygens (including phenoxy) is 2. The third kappa shape index (κ3) is 5.57. The van der Waals surface area contributed by atoms with Crippen molar-refractivity contribution in [1.82, 2.24) is 9.62 Å². The summed E-state index contributed by atoms with van der Waals surface area (Å²) in [6, 6.07) is 14.3. The average Bonchev–Trinajstić information content (AvgIpc) is 2.85. The molecule has 0 aliphatic carbocycles. The van der Waals surface area contributed by atoms with E-state index < -0.39 is 15.9 Å². The minimum atomic E-state index is -3.76. The Bertz CT molecular complexity index is 1130. The summed E-state index contributed by atoms with van der Waals surface area (Å²) in [5, 5.41) is 2.93. The molecule has 10 heteroatoms. The first-order valence-corrected chi connectivity index (χ1v) is 12.8. The number of fused-ring (bicyclic) bond motifs is 1. The van der Waals surface area contributed by atoms with Crippen molar-refractivity contribution in [3.05, 3.63) is 54.1 Å². The van der Waals surface area contributed by atoms with Gasteiger partial charge in [0.25, 0.3) is 5.91 Å². The Morgan fingerprint density at radius 1 is 1.12 bits per heavy atom. The quantitative estimate of drug-likeness (QED) is 0.606. The number of morpholine rings is 1. The van der Waals surface area contributed by atoms with Gasteiger partial charge in [0.15, 0.2) is 6.61 Å². The van der Waals surface area contributed by atoms with Crippen LogP contribution < -0.4 is 15.0 Å². The number of sulfonamides is 1. The SMILES string of the molecule is CC(CCc1ccccc1)NC(=O)CN1C(=O)COc2ccc(S(=O)(=O)N3CCOCC3)cc21. The molecule has 2 aliphatic rings. The molecule has 34 heavy (non-hydrogen) atoms. The van der Waals surface area contributed by atoms with Crippen LogP contribution in [0.4, 0.5) is 5.69 Å². The molecule has 1 atom stereocenters. The Morgan fingerprint density at radius 3 is 2.59 bits per heavy atom. The summed E-state index contributed by atoms with van der Waals surface area (Å²) < 4.78 is 38.2. The van der Waals surface area contributed by atoms with E-state index in [1.54, 1.807) is 0 Å². The van der Waals surface area contributed by atoms with Crippen LogP contribution in [0.3, 0.4) is 0 Å². The maximum atomic E-state index is 13.1. The molecule has 1 N–H and O–H groups in total. The lowest BCUT2D eigenvalue weighted by molar-refractivity contribution is -0.125. The smallest absolute Gasteiger partial charge is 0.265 e. The third-order valence-corrected chi connectivity index (χ3v) is 7.79. The van der Waals surface area contributed by atoms with Gasteiger partial charge in [-0.3, -0.25) is 14.5 Å². The Kier molecular flexibility index (Phi) is 7.50. The summed E-state index contributed by atoms with van der Waals surface area (Å²) in [7, 11) is -3.76. The highest BCUT2D eigenvalue weighted by atomic mass is 32.2. The first-order chi connectivity index (χ1) is 16.3. The molecule has 0 radical (unpaired) electrons. The minimum absolute atomic E-state index is 0.0492. The normalized spacial score (nSPS) is 17.6. The maximum Gasteiger partial charge on any atom is 0.265 e. The van der Waals surface area contributed by atoms with E-state index in [0.29, 0.717) is 19.0 Å². The molecule has 2 aromatic rings. The number of benzene rings is 2. The second-order valence-electron chi connectivity index (χ2n) is 8.41. The number of aryl methyl sites for hydroxylation is 1. The molecule has 2 aromatic carbocycles. The number of hydrogen-bond acceptors (Lipinski definition) is 6. The zero-order valence-corrected chi connectivity index (χ0v) is 19.9. The van der Waals surface area contributed by atoms with Crippen molar-refractivity contribution in [2.45, 2.75) is 30.7 Å². The van der Waals surface area contributed by atoms with Crippen molar-refractivity contribution in [1.29, 1.82) is 0 Å². The fraction of sp³-hybridized carbons (Fsp3) is 0.417. The lowest BCUT2D eigenvalue weighted by atomic mass is 10.1. The fourth-order valence-electron chi connectivity index (χ4n) is 4.02. The number of carbonyl (C=O) groups excluding carboxylic acids is 2. The molecule has 4 rings (SSSR count). The van der Waals surface area contributed by atoms with Crippen molar-refractivity contribution in [3.8, 4) is 5.75 Å². The van der Waals surface area contributed by atoms with Crippen LogP contribution in [-0.2, 0) is 30.8 Å². The number of carbonyl (C=O) groups is 2. The van der Waals surface area contributed by atoms with Gasteiger partial charge < -0.3 is 14.8 Å². The Morgan fingerprint density at radius 2 is 1.85 bits per heavy atom. The van der Waals surface area contributed by atoms with Crippen LogP contribution in [0.25, 0.3) is 0 Å². The van der Waals surface area contributed by atoms with Gasteiger partial charge in [0.1, 0.15) is 12.3 Å². The molecule has 0 bridgehead atoms. The summed E-state index contributed by atoms with van der Waals surface area (Å²) in [5.41, 5.74) is 1.47. The highest BCUT2D eigenvalue weighted by molar-refractivity contribution is 7.89. The summed E-state index contributed by atoms with van der Waals surface area (Å²) in [4.78, 5) is 26.7. The molecule has 1 saturated heterocycles. The second kappa shape index (κ2) is 10.5. The van der Waals surface area contributed by atoms with E-state index in [2.05, 4.69) is 5.32 Å². The zero-order valence-electron chi connectivity index (χ0n) is 19.1. The van der Waals surface area contributed by atoms with E-state index in [-0.39, 0.29) is 48.8 Å². The zero-order chi connectivity index (χ0) is 24.1. The maximum absolute atomic E-state index is 13.1. The topological polar surface area (TPSA) is 105 Å². The van der Waals surface area contributed by atoms with Crippen LogP contribution >= 0.6 is 0 Å². The number of nitrogens with zero attached hydrogens (tertiary/aromatic N) is 2. The molecule has 1 unspecified atom stereocenters. The van der Waals surface area contributed by atoms with Crippen molar-refractivity contribution in [2.24, 2.45) is 0 Å². The van der Waals surface area contributed by atoms with E-state index in [1.807, 2.05) is 37.3 Å². The fourth-order valence-corrected chi connectivity index (χ4v) is 5.44. The molecular formula is C24H29N3O6S. The molecule has 2 amide bonds. The largest absolute Gasteiger partial charge is 0.482 e. The van der Waals surface area contributed by atoms with Gasteiger partial charge >= 0.3 is 0 Å². The number of amides is 2. The van der Waals surface area contributed by atoms with Gasteiger partial charge in [-0.15, -0.1) is 0 Å². The summed E-state index contributed by atoms with van der Waals surface area (Å²) in [6.45, 7) is 2.69. The van der Waals surface area contributed by atoms with Crippen LogP contribution in [0.1, 0.15) is 18.9 Å². The van der Waals surface area contributed by atoms with Crippen molar-refractivity contribution in [3.63, 3.8) is 0 Å². The molecule has 0 aromatic heterocycles. The Labute approximate surface area is 199 Å². The molecule has 9 nitrogen and oxygen atoms in total. The summed E-state index contributed by atoms with van der Waals surface area (Å²) in [5.74, 6) is -0.353. The van der Waals surface area contributed by atoms with Gasteiger partial charge in [-0.05, 0) is 43.5 Å². The number of hydrogen-bond donors (Lipinski definition) is 1. The summed E-state index contributed by atoms with van der Waals surface area (Å²) >= 11 is 0. The lowest BCUT2D eigenvalue weighted by Gasteiger charge is -2.31. The number of rotatable bonds is 8. The molecular weight excluding hydrogens is 458 g/mol. The van der Waals surface area contributed by atoms with Crippen molar-refractivity contribution < 1.29 is 27.5 Å². The highest BCUT2D eigenvalue weighted by Gasteiger charge is 2.32. The Balaban J connectivity index is 1.45. The van der Waals surface area contributed by atoms with E-state index in [0.717, 1.165) is 12.8 Å². The molecule has 1 fully saturated rings. The van der Waals surface area contributed by atoms with E-state index in [1.165, 1.54) is 33.0 Å². The van der Waals surface area contributed by atoms with Gasteiger partial charge in [-0.2, -0.15) is 4.31 Å². The molecule has 0 spiro atoms. The highest BCUT2D eigenvalue weighted by Crippen LogP contribution is 2.35. The number of nitrogens with one attached hydrogen (secondary N) is 1. The van der Waals surface area contributed by atoms with E-state index >= 15 is 0 Å². The van der Waals surface area contributed by atoms with Gasteiger partial charge in [-0.25, -0.2) is 8.42 Å². The van der Waals surface area contributed by atoms with E-state index in [4.69, 9.17) is 9.47 Å².